The molecule has 2 aliphatic carbocycles. The van der Waals surface area contributed by atoms with Gasteiger partial charge in [-0.1, -0.05) is 164 Å². The van der Waals surface area contributed by atoms with E-state index in [1.165, 1.54) is 93.2 Å². The molecule has 784 valence electrons. The lowest BCUT2D eigenvalue weighted by molar-refractivity contribution is 0.0718. The second-order valence-corrected chi connectivity index (χ2v) is 39.9. The van der Waals surface area contributed by atoms with Gasteiger partial charge in [0.2, 0.25) is 0 Å². The summed E-state index contributed by atoms with van der Waals surface area (Å²) < 4.78 is 80.0. The van der Waals surface area contributed by atoms with Crippen LogP contribution in [0.4, 0.5) is 22.0 Å². The highest BCUT2D eigenvalue weighted by atomic mass is 35.5. The molecule has 0 bridgehead atoms. The van der Waals surface area contributed by atoms with Crippen molar-refractivity contribution in [3.63, 3.8) is 0 Å². The van der Waals surface area contributed by atoms with E-state index in [1.54, 1.807) is 39.4 Å². The average Bonchev–Trinajstić information content (AvgIpc) is 1.64. The number of aromatic nitrogens is 15. The van der Waals surface area contributed by atoms with Crippen molar-refractivity contribution in [1.29, 1.82) is 0 Å². The highest BCUT2D eigenvalue weighted by Crippen LogP contribution is 2.36. The topological polar surface area (TPSA) is 255 Å². The lowest BCUT2D eigenvalue weighted by atomic mass is 10.0. The highest BCUT2D eigenvalue weighted by molar-refractivity contribution is 6.33. The van der Waals surface area contributed by atoms with E-state index in [1.807, 2.05) is 116 Å². The summed E-state index contributed by atoms with van der Waals surface area (Å²) in [7, 11) is 0. The first-order valence-electron chi connectivity index (χ1n) is 53.2. The summed E-state index contributed by atoms with van der Waals surface area (Å²) in [6.07, 6.45) is 30.8. The number of unbranched alkanes of at least 4 members (excludes halogenated alkanes) is 6. The number of rotatable bonds is 46. The molecule has 0 atom stereocenters. The van der Waals surface area contributed by atoms with Gasteiger partial charge in [-0.25, -0.2) is 71.8 Å². The van der Waals surface area contributed by atoms with Crippen LogP contribution in [-0.4, -0.2) is 159 Å². The van der Waals surface area contributed by atoms with Crippen molar-refractivity contribution >= 4 is 97.0 Å². The van der Waals surface area contributed by atoms with E-state index in [0.29, 0.717) is 81.1 Å². The Morgan fingerprint density at radius 3 is 1.05 bits per heavy atom. The van der Waals surface area contributed by atoms with E-state index < -0.39 is 46.8 Å². The van der Waals surface area contributed by atoms with Crippen LogP contribution in [0.3, 0.4) is 0 Å². The lowest BCUT2D eigenvalue weighted by Gasteiger charge is -2.24. The number of carbonyl (C=O) groups excluding carboxylic acids is 5. The Morgan fingerprint density at radius 1 is 0.338 bits per heavy atom. The van der Waals surface area contributed by atoms with Crippen molar-refractivity contribution in [1.82, 2.24) is 97.2 Å². The van der Waals surface area contributed by atoms with Crippen LogP contribution in [0.1, 0.15) is 297 Å². The van der Waals surface area contributed by atoms with E-state index in [4.69, 9.17) is 26.6 Å². The van der Waals surface area contributed by atoms with Gasteiger partial charge in [0.05, 0.1) is 54.4 Å². The fourth-order valence-electron chi connectivity index (χ4n) is 18.1. The summed E-state index contributed by atoms with van der Waals surface area (Å²) in [6.45, 7) is 34.2. The fourth-order valence-corrected chi connectivity index (χ4v) is 18.3. The third-order valence-corrected chi connectivity index (χ3v) is 26.6. The van der Waals surface area contributed by atoms with Gasteiger partial charge in [-0.15, -0.1) is 0 Å². The smallest absolute Gasteiger partial charge is 0.258 e. The van der Waals surface area contributed by atoms with Crippen molar-refractivity contribution in [2.75, 3.05) is 32.7 Å². The Kier molecular flexibility index (Phi) is 41.9. The van der Waals surface area contributed by atoms with Crippen LogP contribution < -0.4 is 0 Å². The first-order chi connectivity index (χ1) is 71.7. The fraction of sp³-hybridized carbons (Fsp3) is 0.444. The van der Waals surface area contributed by atoms with Crippen LogP contribution in [0.2, 0.25) is 5.02 Å². The van der Waals surface area contributed by atoms with Crippen LogP contribution in [-0.2, 0) is 78.3 Å². The third-order valence-electron chi connectivity index (χ3n) is 26.3. The molecule has 31 heteroatoms. The standard InChI is InChI=1S/C26H36N4O.C25H32N4O.C22H24ClFN4O.2C22H26F2N4O/c1-5-7-8-10-21-12-14-22(15-13-21)26(31)29(17-6-2)19-24-28-23-11-9-16-27-25(23)30(24)18-20(3)4;1-3-5-7-19-11-13-21(14-12-19)25(30)28(16-4-2)18-23-27-22-8-6-15-26-24(22)29(23)17-20-9-10-20;1-2-3-12-27(22(29)20-16(23)6-4-7-17(20)24)14-19-26-18-8-5-11-25-21(18)28(19)13-15-9-10-15;1-4-11-28-20(26-19-6-5-10-25-21(19)28)14-27(12-9-15(2)3)22(29)17-8-7-16(23)13-18(17)24;1-3-5-6-13-27(22(29)17-10-9-16(23)14-18(17)24)15-20-26-19-8-7-11-25-21(19)28(20)12-4-2/h9,11-16,20H,5-8,10,17-19H2,1-4H3;6,8,11-15,20H,3-5,7,9-10,16-18H2,1-2H3;4-8,11,15H,2-3,9-10,12-14H2,1H3;5-8,10,13,15H,4,9,11-12,14H2,1-3H3;7-11,14H,3-6,12-13,15H2,1-2H3. The molecular weight excluding hydrogens is 1900 g/mol. The first kappa shape index (κ1) is 112. The largest absolute Gasteiger partial charge is 0.331 e. The molecule has 0 radical (unpaired) electrons. The minimum atomic E-state index is -0.853. The minimum absolute atomic E-state index is 0.0677. The lowest BCUT2D eigenvalue weighted by Crippen LogP contribution is -2.34. The van der Waals surface area contributed by atoms with Crippen LogP contribution in [0.25, 0.3) is 55.8 Å². The summed E-state index contributed by atoms with van der Waals surface area (Å²) in [6, 6.07) is 45.8. The van der Waals surface area contributed by atoms with Gasteiger partial charge < -0.3 is 47.3 Å². The van der Waals surface area contributed by atoms with Gasteiger partial charge in [0.25, 0.3) is 29.5 Å². The molecule has 0 aliphatic heterocycles. The molecule has 2 saturated carbocycles. The van der Waals surface area contributed by atoms with Crippen molar-refractivity contribution < 1.29 is 45.9 Å². The van der Waals surface area contributed by atoms with Gasteiger partial charge in [0, 0.05) is 120 Å². The SMILES string of the molecule is CCCCCN(Cc1nc2cccnc2n1CCC)C(=O)c1ccc(F)cc1F.CCCCCc1ccc(C(=O)N(CCC)Cc2nc3cccnc3n2CC(C)C)cc1.CCCCN(Cc1nc2cccnc2n1CC1CC1)C(=O)c1c(F)cccc1Cl.CCCCc1ccc(C(=O)N(CCC)Cc2nc3cccnc3n2CC2CC2)cc1.CCCn1c(CN(CCC(C)C)C(=O)c2ccc(F)cc2F)nc2cccnc21. The van der Waals surface area contributed by atoms with E-state index in [0.717, 1.165) is 225 Å². The molecule has 5 aromatic carbocycles. The van der Waals surface area contributed by atoms with E-state index in [9.17, 15) is 45.9 Å². The zero-order valence-corrected chi connectivity index (χ0v) is 88.7. The van der Waals surface area contributed by atoms with Gasteiger partial charge in [-0.3, -0.25) is 24.0 Å². The number of aryl methyl sites for hydroxylation is 4. The predicted molar refractivity (Wildman–Crippen MR) is 576 cm³/mol. The van der Waals surface area contributed by atoms with Gasteiger partial charge in [0.1, 0.15) is 85.8 Å². The van der Waals surface area contributed by atoms with E-state index >= 15 is 0 Å². The molecule has 15 aromatic rings. The molecule has 5 amide bonds. The van der Waals surface area contributed by atoms with Crippen molar-refractivity contribution in [2.45, 2.75) is 283 Å². The third kappa shape index (κ3) is 30.4. The molecule has 0 spiro atoms. The summed E-state index contributed by atoms with van der Waals surface area (Å²) >= 11 is 6.16. The number of benzene rings is 5. The first-order valence-corrected chi connectivity index (χ1v) is 53.6. The maximum atomic E-state index is 14.4. The Morgan fingerprint density at radius 2 is 0.689 bits per heavy atom. The van der Waals surface area contributed by atoms with Crippen LogP contribution in [0, 0.1) is 52.8 Å². The quantitative estimate of drug-likeness (QED) is 0.0254. The summed E-state index contributed by atoms with van der Waals surface area (Å²) in [5.74, 6) is 1.35. The Bertz CT molecular complexity index is 6850. The summed E-state index contributed by atoms with van der Waals surface area (Å²) in [5.41, 5.74) is 12.1. The molecule has 25 nitrogen and oxygen atoms in total. The van der Waals surface area contributed by atoms with Crippen LogP contribution in [0.15, 0.2) is 195 Å². The van der Waals surface area contributed by atoms with Crippen molar-refractivity contribution in [3.8, 4) is 0 Å². The number of carbonyl (C=O) groups is 5. The number of pyridine rings is 5. The molecule has 148 heavy (non-hydrogen) atoms. The molecule has 2 fully saturated rings. The number of amides is 5. The van der Waals surface area contributed by atoms with Gasteiger partial charge in [0.15, 0.2) is 28.2 Å². The van der Waals surface area contributed by atoms with E-state index in [2.05, 4.69) is 156 Å². The zero-order chi connectivity index (χ0) is 105. The Labute approximate surface area is 871 Å². The number of halogens is 6. The number of hydrogen-bond donors (Lipinski definition) is 0. The van der Waals surface area contributed by atoms with Gasteiger partial charge >= 0.3 is 0 Å². The number of fused-ring (bicyclic) bond motifs is 5. The zero-order valence-electron chi connectivity index (χ0n) is 88.0. The highest BCUT2D eigenvalue weighted by Gasteiger charge is 2.33. The number of imidazole rings is 5. The Hall–Kier alpha value is -13.5. The van der Waals surface area contributed by atoms with Crippen LogP contribution >= 0.6 is 11.6 Å². The minimum Gasteiger partial charge on any atom is -0.331 e. The molecule has 10 heterocycles. The Balaban J connectivity index is 0.000000154. The van der Waals surface area contributed by atoms with E-state index in [-0.39, 0.29) is 46.6 Å². The summed E-state index contributed by atoms with van der Waals surface area (Å²) in [5, 5.41) is 0.129. The van der Waals surface area contributed by atoms with Gasteiger partial charge in [-0.2, -0.15) is 0 Å². The van der Waals surface area contributed by atoms with Crippen molar-refractivity contribution in [2.24, 2.45) is 23.7 Å². The molecule has 0 saturated heterocycles. The molecule has 0 unspecified atom stereocenters. The van der Waals surface area contributed by atoms with Gasteiger partial charge in [-0.05, 0) is 252 Å². The molecule has 0 N–H and O–H groups in total. The monoisotopic (exact) mass is 2040 g/mol. The molecular formula is C117H144ClF5N20O5. The number of hydrogen-bond acceptors (Lipinski definition) is 15. The second-order valence-electron chi connectivity index (χ2n) is 39.5. The molecule has 17 rings (SSSR count). The summed E-state index contributed by atoms with van der Waals surface area (Å²) in [4.78, 5) is 121. The predicted octanol–water partition coefficient (Wildman–Crippen LogP) is 25.9. The normalized spacial score (nSPS) is 12.3. The molecule has 10 aromatic heterocycles. The average molecular weight is 2040 g/mol. The second kappa shape index (κ2) is 55.5. The van der Waals surface area contributed by atoms with Crippen LogP contribution in [0.5, 0.6) is 0 Å². The molecule has 2 aliphatic rings. The maximum Gasteiger partial charge on any atom is 0.258 e. The maximum absolute atomic E-state index is 14.4. The number of nitrogens with zero attached hydrogens (tertiary/aromatic N) is 20. The van der Waals surface area contributed by atoms with Crippen molar-refractivity contribution in [3.05, 3.63) is 297 Å².